The molecule has 0 radical (unpaired) electrons. The molecule has 0 aliphatic carbocycles. The number of nitrogen functional groups attached to an aromatic ring is 1. The SMILES string of the molecule is Nc1cc(Oc2ccc(Br)cc2Br)ccc1S(N)(=O)=O. The Morgan fingerprint density at radius 2 is 1.75 bits per heavy atom. The van der Waals surface area contributed by atoms with Crippen LogP contribution in [-0.2, 0) is 10.0 Å². The van der Waals surface area contributed by atoms with Crippen molar-refractivity contribution in [1.29, 1.82) is 0 Å². The van der Waals surface area contributed by atoms with Crippen molar-refractivity contribution in [3.8, 4) is 11.5 Å². The highest BCUT2D eigenvalue weighted by molar-refractivity contribution is 9.11. The molecule has 8 heteroatoms. The second-order valence-corrected chi connectivity index (χ2v) is 7.22. The fourth-order valence-electron chi connectivity index (χ4n) is 1.53. The van der Waals surface area contributed by atoms with Gasteiger partial charge >= 0.3 is 0 Å². The Kier molecular flexibility index (Phi) is 4.38. The molecule has 0 saturated carbocycles. The third-order valence-corrected chi connectivity index (χ3v) is 4.51. The lowest BCUT2D eigenvalue weighted by Crippen LogP contribution is -2.14. The monoisotopic (exact) mass is 420 g/mol. The van der Waals surface area contributed by atoms with Crippen molar-refractivity contribution in [3.63, 3.8) is 0 Å². The van der Waals surface area contributed by atoms with Crippen molar-refractivity contribution in [1.82, 2.24) is 0 Å². The standard InChI is InChI=1S/C12H10Br2N2O3S/c13-7-1-3-11(9(14)5-7)19-8-2-4-12(10(15)6-8)20(16,17)18/h1-6H,15H2,(H2,16,17,18). The first-order valence-electron chi connectivity index (χ1n) is 5.32. The average Bonchev–Trinajstić information content (AvgIpc) is 2.31. The van der Waals surface area contributed by atoms with Gasteiger partial charge in [0.1, 0.15) is 16.4 Å². The first kappa shape index (κ1) is 15.3. The maximum atomic E-state index is 11.3. The zero-order valence-electron chi connectivity index (χ0n) is 10.0. The van der Waals surface area contributed by atoms with Crippen molar-refractivity contribution in [2.75, 3.05) is 5.73 Å². The molecule has 4 N–H and O–H groups in total. The molecule has 0 fully saturated rings. The topological polar surface area (TPSA) is 95.4 Å². The summed E-state index contributed by atoms with van der Waals surface area (Å²) in [7, 11) is -3.83. The Labute approximate surface area is 133 Å². The van der Waals surface area contributed by atoms with Crippen LogP contribution in [0.1, 0.15) is 0 Å². The molecule has 106 valence electrons. The molecule has 2 aromatic carbocycles. The van der Waals surface area contributed by atoms with Crippen LogP contribution in [0.15, 0.2) is 50.2 Å². The highest BCUT2D eigenvalue weighted by Crippen LogP contribution is 2.33. The number of hydrogen-bond acceptors (Lipinski definition) is 4. The minimum absolute atomic E-state index is 0.0400. The summed E-state index contributed by atoms with van der Waals surface area (Å²) in [4.78, 5) is -0.125. The summed E-state index contributed by atoms with van der Waals surface area (Å²) in [5.74, 6) is 0.994. The van der Waals surface area contributed by atoms with E-state index in [-0.39, 0.29) is 10.6 Å². The van der Waals surface area contributed by atoms with Gasteiger partial charge in [-0.2, -0.15) is 0 Å². The molecule has 20 heavy (non-hydrogen) atoms. The van der Waals surface area contributed by atoms with Crippen LogP contribution in [0.2, 0.25) is 0 Å². The van der Waals surface area contributed by atoms with E-state index in [2.05, 4.69) is 31.9 Å². The number of anilines is 1. The number of nitrogens with two attached hydrogens (primary N) is 2. The van der Waals surface area contributed by atoms with Crippen molar-refractivity contribution >= 4 is 47.6 Å². The predicted octanol–water partition coefficient (Wildman–Crippen LogP) is 3.23. The summed E-state index contributed by atoms with van der Waals surface area (Å²) < 4.78 is 29.8. The van der Waals surface area contributed by atoms with Gasteiger partial charge in [0.2, 0.25) is 10.0 Å². The lowest BCUT2D eigenvalue weighted by molar-refractivity contribution is 0.479. The van der Waals surface area contributed by atoms with Gasteiger partial charge in [0, 0.05) is 10.5 Å². The van der Waals surface area contributed by atoms with E-state index in [1.54, 1.807) is 6.07 Å². The molecule has 0 aliphatic rings. The first-order valence-corrected chi connectivity index (χ1v) is 8.46. The summed E-state index contributed by atoms with van der Waals surface area (Å²) in [5.41, 5.74) is 5.70. The summed E-state index contributed by atoms with van der Waals surface area (Å²) in [6.07, 6.45) is 0. The molecular formula is C12H10Br2N2O3S. The van der Waals surface area contributed by atoms with Gasteiger partial charge in [-0.3, -0.25) is 0 Å². The van der Waals surface area contributed by atoms with Gasteiger partial charge in [-0.05, 0) is 46.3 Å². The third-order valence-electron chi connectivity index (χ3n) is 2.41. The molecule has 2 rings (SSSR count). The summed E-state index contributed by atoms with van der Waals surface area (Å²) in [5, 5.41) is 5.04. The molecule has 0 atom stereocenters. The highest BCUT2D eigenvalue weighted by atomic mass is 79.9. The molecule has 0 saturated heterocycles. The van der Waals surface area contributed by atoms with E-state index in [1.807, 2.05) is 12.1 Å². The molecule has 5 nitrogen and oxygen atoms in total. The van der Waals surface area contributed by atoms with E-state index in [0.717, 1.165) is 8.95 Å². The van der Waals surface area contributed by atoms with E-state index in [4.69, 9.17) is 15.6 Å². The van der Waals surface area contributed by atoms with Crippen molar-refractivity contribution < 1.29 is 13.2 Å². The quantitative estimate of drug-likeness (QED) is 0.743. The molecule has 0 amide bonds. The largest absolute Gasteiger partial charge is 0.456 e. The number of ether oxygens (including phenoxy) is 1. The smallest absolute Gasteiger partial charge is 0.240 e. The third kappa shape index (κ3) is 3.51. The maximum absolute atomic E-state index is 11.3. The van der Waals surface area contributed by atoms with Gasteiger partial charge in [-0.15, -0.1) is 0 Å². The Bertz CT molecular complexity index is 763. The van der Waals surface area contributed by atoms with Crippen LogP contribution in [0.3, 0.4) is 0 Å². The molecule has 0 spiro atoms. The zero-order valence-corrected chi connectivity index (χ0v) is 14.0. The zero-order chi connectivity index (χ0) is 14.9. The Morgan fingerprint density at radius 1 is 1.05 bits per heavy atom. The van der Waals surface area contributed by atoms with Crippen molar-refractivity contribution in [3.05, 3.63) is 45.3 Å². The van der Waals surface area contributed by atoms with Gasteiger partial charge in [-0.25, -0.2) is 13.6 Å². The molecular weight excluding hydrogens is 412 g/mol. The minimum Gasteiger partial charge on any atom is -0.456 e. The maximum Gasteiger partial charge on any atom is 0.240 e. The Hall–Kier alpha value is -1.09. The summed E-state index contributed by atoms with van der Waals surface area (Å²) in [6.45, 7) is 0. The lowest BCUT2D eigenvalue weighted by atomic mass is 10.3. The van der Waals surface area contributed by atoms with Crippen LogP contribution in [0.5, 0.6) is 11.5 Å². The van der Waals surface area contributed by atoms with Gasteiger partial charge in [0.25, 0.3) is 0 Å². The van der Waals surface area contributed by atoms with Crippen LogP contribution < -0.4 is 15.6 Å². The Morgan fingerprint density at radius 3 is 2.30 bits per heavy atom. The van der Waals surface area contributed by atoms with E-state index >= 15 is 0 Å². The van der Waals surface area contributed by atoms with E-state index < -0.39 is 10.0 Å². The normalized spacial score (nSPS) is 11.3. The van der Waals surface area contributed by atoms with E-state index in [0.29, 0.717) is 11.5 Å². The minimum atomic E-state index is -3.83. The van der Waals surface area contributed by atoms with Gasteiger partial charge in [0.05, 0.1) is 10.2 Å². The van der Waals surface area contributed by atoms with E-state index in [9.17, 15) is 8.42 Å². The van der Waals surface area contributed by atoms with Crippen LogP contribution in [-0.4, -0.2) is 8.42 Å². The number of hydrogen-bond donors (Lipinski definition) is 2. The number of sulfonamides is 1. The van der Waals surface area contributed by atoms with Crippen LogP contribution in [0.25, 0.3) is 0 Å². The van der Waals surface area contributed by atoms with Crippen molar-refractivity contribution in [2.24, 2.45) is 5.14 Å². The van der Waals surface area contributed by atoms with E-state index in [1.165, 1.54) is 18.2 Å². The Balaban J connectivity index is 2.34. The molecule has 2 aromatic rings. The fraction of sp³-hybridized carbons (Fsp3) is 0. The average molecular weight is 422 g/mol. The number of rotatable bonds is 3. The second-order valence-electron chi connectivity index (χ2n) is 3.92. The number of primary sulfonamides is 1. The first-order chi connectivity index (χ1) is 9.27. The molecule has 0 aromatic heterocycles. The van der Waals surface area contributed by atoms with Crippen LogP contribution in [0, 0.1) is 0 Å². The molecule has 0 unspecified atom stereocenters. The molecule has 0 bridgehead atoms. The summed E-state index contributed by atoms with van der Waals surface area (Å²) in [6, 6.07) is 9.63. The predicted molar refractivity (Wildman–Crippen MR) is 84.1 cm³/mol. The molecule has 0 heterocycles. The van der Waals surface area contributed by atoms with Gasteiger partial charge in [0.15, 0.2) is 0 Å². The van der Waals surface area contributed by atoms with Crippen LogP contribution in [0.4, 0.5) is 5.69 Å². The number of halogens is 2. The number of benzene rings is 2. The van der Waals surface area contributed by atoms with Crippen molar-refractivity contribution in [2.45, 2.75) is 4.90 Å². The lowest BCUT2D eigenvalue weighted by Gasteiger charge is -2.10. The van der Waals surface area contributed by atoms with Gasteiger partial charge < -0.3 is 10.5 Å². The van der Waals surface area contributed by atoms with Gasteiger partial charge in [-0.1, -0.05) is 15.9 Å². The van der Waals surface area contributed by atoms with Crippen LogP contribution >= 0.6 is 31.9 Å². The highest BCUT2D eigenvalue weighted by Gasteiger charge is 2.13. The summed E-state index contributed by atoms with van der Waals surface area (Å²) >= 11 is 6.71. The fourth-order valence-corrected chi connectivity index (χ4v) is 3.31. The second kappa shape index (κ2) is 5.72. The molecule has 0 aliphatic heterocycles.